The number of fused-ring (bicyclic) bond motifs is 2. The summed E-state index contributed by atoms with van der Waals surface area (Å²) in [4.78, 5) is 16.3. The molecule has 2 aliphatic heterocycles. The maximum Gasteiger partial charge on any atom is 0.303 e. The van der Waals surface area contributed by atoms with Crippen molar-refractivity contribution in [3.05, 3.63) is 58.9 Å². The summed E-state index contributed by atoms with van der Waals surface area (Å²) in [5.74, 6) is 1.86. The minimum absolute atomic E-state index is 0.00948. The first-order valence-corrected chi connectivity index (χ1v) is 12.0. The van der Waals surface area contributed by atoms with Crippen molar-refractivity contribution in [3.63, 3.8) is 0 Å². The van der Waals surface area contributed by atoms with Gasteiger partial charge >= 0.3 is 5.97 Å². The quantitative estimate of drug-likeness (QED) is 0.482. The molecular formula is C26H30N4O5. The molecule has 184 valence electrons. The lowest BCUT2D eigenvalue weighted by Gasteiger charge is -2.21. The molecule has 9 heteroatoms. The van der Waals surface area contributed by atoms with Gasteiger partial charge in [-0.25, -0.2) is 9.67 Å². The molecule has 9 nitrogen and oxygen atoms in total. The fourth-order valence-corrected chi connectivity index (χ4v) is 4.59. The van der Waals surface area contributed by atoms with Gasteiger partial charge in [0.05, 0.1) is 18.7 Å². The van der Waals surface area contributed by atoms with Crippen LogP contribution in [0.5, 0.6) is 17.4 Å². The van der Waals surface area contributed by atoms with E-state index in [1.54, 1.807) is 4.68 Å². The molecule has 0 unspecified atom stereocenters. The molecule has 4 heterocycles. The normalized spacial score (nSPS) is 15.1. The molecule has 2 N–H and O–H groups in total. The van der Waals surface area contributed by atoms with Gasteiger partial charge in [-0.2, -0.15) is 5.10 Å². The van der Waals surface area contributed by atoms with E-state index in [4.69, 9.17) is 19.2 Å². The molecule has 2 aromatic heterocycles. The van der Waals surface area contributed by atoms with Crippen LogP contribution in [-0.4, -0.2) is 52.2 Å². The van der Waals surface area contributed by atoms with E-state index in [1.165, 1.54) is 5.56 Å². The Morgan fingerprint density at radius 1 is 1.17 bits per heavy atom. The van der Waals surface area contributed by atoms with Crippen LogP contribution in [-0.2, 0) is 31.1 Å². The molecule has 0 saturated heterocycles. The summed E-state index contributed by atoms with van der Waals surface area (Å²) in [5, 5.41) is 17.4. The molecule has 1 atom stereocenters. The van der Waals surface area contributed by atoms with E-state index in [1.807, 2.05) is 31.3 Å². The topological polar surface area (TPSA) is 108 Å². The van der Waals surface area contributed by atoms with Crippen LogP contribution in [0.15, 0.2) is 36.4 Å². The molecule has 0 aliphatic carbocycles. The molecule has 0 bridgehead atoms. The Bertz CT molecular complexity index is 1210. The number of aryl methyl sites for hydroxylation is 2. The Labute approximate surface area is 204 Å². The largest absolute Gasteiger partial charge is 0.486 e. The first kappa shape index (κ1) is 23.0. The number of nitrogens with zero attached hydrogens (tertiary/aromatic N) is 3. The van der Waals surface area contributed by atoms with Crippen LogP contribution in [0.4, 0.5) is 5.82 Å². The smallest absolute Gasteiger partial charge is 0.303 e. The molecule has 1 aromatic carbocycles. The van der Waals surface area contributed by atoms with Gasteiger partial charge in [0.25, 0.3) is 0 Å². The van der Waals surface area contributed by atoms with E-state index in [-0.39, 0.29) is 12.3 Å². The van der Waals surface area contributed by atoms with Gasteiger partial charge in [-0.1, -0.05) is 12.1 Å². The van der Waals surface area contributed by atoms with Crippen molar-refractivity contribution in [2.75, 3.05) is 31.7 Å². The highest BCUT2D eigenvalue weighted by atomic mass is 16.6. The standard InChI is InChI=1S/C26H30N4O5/c1-30-24(35-10-8-20-6-4-17-3-2-9-27-26(17)28-20)16-21(29-30)13-19(15-25(31)32)18-5-7-22-23(14-18)34-12-11-33-22/h4-7,14,16,19H,2-3,8-13,15H2,1H3,(H,27,28)(H,31,32)/t19-/m0/s1. The van der Waals surface area contributed by atoms with Crippen molar-refractivity contribution in [1.29, 1.82) is 0 Å². The molecule has 0 fully saturated rings. The Morgan fingerprint density at radius 3 is 2.89 bits per heavy atom. The molecule has 3 aromatic rings. The van der Waals surface area contributed by atoms with Crippen LogP contribution < -0.4 is 19.5 Å². The van der Waals surface area contributed by atoms with Gasteiger partial charge in [-0.05, 0) is 48.6 Å². The molecule has 0 saturated carbocycles. The zero-order valence-corrected chi connectivity index (χ0v) is 19.8. The number of hydrogen-bond donors (Lipinski definition) is 2. The van der Waals surface area contributed by atoms with Crippen LogP contribution in [0.1, 0.15) is 41.3 Å². The van der Waals surface area contributed by atoms with Crippen molar-refractivity contribution in [1.82, 2.24) is 14.8 Å². The number of benzene rings is 1. The highest BCUT2D eigenvalue weighted by Gasteiger charge is 2.22. The summed E-state index contributed by atoms with van der Waals surface area (Å²) < 4.78 is 19.0. The molecular weight excluding hydrogens is 448 g/mol. The number of carboxylic acids is 1. The summed E-state index contributed by atoms with van der Waals surface area (Å²) >= 11 is 0. The van der Waals surface area contributed by atoms with Crippen molar-refractivity contribution in [2.24, 2.45) is 7.05 Å². The van der Waals surface area contributed by atoms with Crippen LogP contribution in [0, 0.1) is 0 Å². The van der Waals surface area contributed by atoms with Gasteiger partial charge in [-0.3, -0.25) is 4.79 Å². The predicted molar refractivity (Wildman–Crippen MR) is 130 cm³/mol. The maximum atomic E-state index is 11.6. The average Bonchev–Trinajstić information content (AvgIpc) is 3.21. The molecule has 0 amide bonds. The molecule has 5 rings (SSSR count). The highest BCUT2D eigenvalue weighted by molar-refractivity contribution is 5.68. The summed E-state index contributed by atoms with van der Waals surface area (Å²) in [6.07, 6.45) is 3.36. The first-order chi connectivity index (χ1) is 17.0. The number of aromatic nitrogens is 3. The maximum absolute atomic E-state index is 11.6. The molecule has 2 aliphatic rings. The first-order valence-electron chi connectivity index (χ1n) is 12.0. The highest BCUT2D eigenvalue weighted by Crippen LogP contribution is 2.35. The fourth-order valence-electron chi connectivity index (χ4n) is 4.59. The number of nitrogens with one attached hydrogen (secondary N) is 1. The Balaban J connectivity index is 1.24. The predicted octanol–water partition coefficient (Wildman–Crippen LogP) is 3.37. The van der Waals surface area contributed by atoms with Gasteiger partial charge in [-0.15, -0.1) is 0 Å². The van der Waals surface area contributed by atoms with E-state index < -0.39 is 5.97 Å². The number of ether oxygens (including phenoxy) is 3. The minimum atomic E-state index is -0.857. The van der Waals surface area contributed by atoms with Crippen LogP contribution >= 0.6 is 0 Å². The van der Waals surface area contributed by atoms with Crippen molar-refractivity contribution in [2.45, 2.75) is 38.0 Å². The third-order valence-corrected chi connectivity index (χ3v) is 6.36. The van der Waals surface area contributed by atoms with Crippen LogP contribution in [0.3, 0.4) is 0 Å². The van der Waals surface area contributed by atoms with Crippen molar-refractivity contribution >= 4 is 11.8 Å². The molecule has 0 spiro atoms. The number of carbonyl (C=O) groups is 1. The summed E-state index contributed by atoms with van der Waals surface area (Å²) in [6, 6.07) is 11.7. The second-order valence-corrected chi connectivity index (χ2v) is 8.94. The van der Waals surface area contributed by atoms with E-state index in [0.29, 0.717) is 50.0 Å². The Morgan fingerprint density at radius 2 is 2.03 bits per heavy atom. The van der Waals surface area contributed by atoms with Crippen molar-refractivity contribution < 1.29 is 24.1 Å². The van der Waals surface area contributed by atoms with Crippen LogP contribution in [0.25, 0.3) is 0 Å². The van der Waals surface area contributed by atoms with E-state index >= 15 is 0 Å². The minimum Gasteiger partial charge on any atom is -0.486 e. The second kappa shape index (κ2) is 10.2. The van der Waals surface area contributed by atoms with E-state index in [2.05, 4.69) is 22.5 Å². The lowest BCUT2D eigenvalue weighted by atomic mass is 9.91. The lowest BCUT2D eigenvalue weighted by Crippen LogP contribution is -2.16. The monoisotopic (exact) mass is 478 g/mol. The molecule has 35 heavy (non-hydrogen) atoms. The lowest BCUT2D eigenvalue weighted by molar-refractivity contribution is -0.137. The third-order valence-electron chi connectivity index (χ3n) is 6.36. The Hall–Kier alpha value is -3.75. The SMILES string of the molecule is Cn1nc(C[C@@H](CC(=O)O)c2ccc3c(c2)OCCO3)cc1OCCc1ccc2c(n1)NCCC2. The van der Waals surface area contributed by atoms with Gasteiger partial charge in [0.2, 0.25) is 5.88 Å². The molecule has 0 radical (unpaired) electrons. The number of rotatable bonds is 9. The summed E-state index contributed by atoms with van der Waals surface area (Å²) in [6.45, 7) is 2.44. The third kappa shape index (κ3) is 5.50. The number of aliphatic carboxylic acids is 1. The number of carboxylic acid groups (broad SMARTS) is 1. The van der Waals surface area contributed by atoms with Gasteiger partial charge in [0.15, 0.2) is 11.5 Å². The Kier molecular flexibility index (Phi) is 6.74. The summed E-state index contributed by atoms with van der Waals surface area (Å²) in [7, 11) is 1.83. The van der Waals surface area contributed by atoms with Gasteiger partial charge < -0.3 is 24.6 Å². The number of hydrogen-bond acceptors (Lipinski definition) is 7. The zero-order chi connectivity index (χ0) is 24.2. The second-order valence-electron chi connectivity index (χ2n) is 8.94. The average molecular weight is 479 g/mol. The number of anilines is 1. The van der Waals surface area contributed by atoms with Crippen molar-refractivity contribution in [3.8, 4) is 17.4 Å². The van der Waals surface area contributed by atoms with Gasteiger partial charge in [0, 0.05) is 37.7 Å². The van der Waals surface area contributed by atoms with E-state index in [0.717, 1.165) is 42.2 Å². The summed E-state index contributed by atoms with van der Waals surface area (Å²) in [5.41, 5.74) is 3.92. The van der Waals surface area contributed by atoms with Gasteiger partial charge in [0.1, 0.15) is 19.0 Å². The zero-order valence-electron chi connectivity index (χ0n) is 19.8. The fraction of sp³-hybridized carbons (Fsp3) is 0.423. The number of pyridine rings is 1. The van der Waals surface area contributed by atoms with E-state index in [9.17, 15) is 9.90 Å². The van der Waals surface area contributed by atoms with Crippen LogP contribution in [0.2, 0.25) is 0 Å².